The van der Waals surface area contributed by atoms with Gasteiger partial charge in [0.05, 0.1) is 0 Å². The fourth-order valence-corrected chi connectivity index (χ4v) is 1.85. The van der Waals surface area contributed by atoms with Gasteiger partial charge in [-0.25, -0.2) is 4.79 Å². The number of rotatable bonds is 6. The highest BCUT2D eigenvalue weighted by molar-refractivity contribution is 5.98. The Balaban J connectivity index is 2.48. The standard InChI is InChI=1S/C18H25N3O4/c1-6-13-9-7-8-10-14(13)21-16(23)12(2)20-15(22)11-19-17(24)25-18(3,4)5/h6-10,12H,1,11H2,2-5H3,(H,19,24)(H,20,22)(H,21,23)/t12-/m1/s1. The summed E-state index contributed by atoms with van der Waals surface area (Å²) >= 11 is 0. The zero-order chi connectivity index (χ0) is 19.0. The smallest absolute Gasteiger partial charge is 0.408 e. The number of carbonyl (C=O) groups excluding carboxylic acids is 3. The normalized spacial score (nSPS) is 11.8. The van der Waals surface area contributed by atoms with Crippen molar-refractivity contribution in [2.45, 2.75) is 39.3 Å². The summed E-state index contributed by atoms with van der Waals surface area (Å²) in [7, 11) is 0. The number of nitrogens with one attached hydrogen (secondary N) is 3. The van der Waals surface area contributed by atoms with Gasteiger partial charge in [0.2, 0.25) is 11.8 Å². The highest BCUT2D eigenvalue weighted by Gasteiger charge is 2.19. The fourth-order valence-electron chi connectivity index (χ4n) is 1.85. The highest BCUT2D eigenvalue weighted by Crippen LogP contribution is 2.16. The van der Waals surface area contributed by atoms with E-state index in [1.165, 1.54) is 0 Å². The Bertz CT molecular complexity index is 650. The first kappa shape index (κ1) is 20.2. The minimum absolute atomic E-state index is 0.282. The van der Waals surface area contributed by atoms with Crippen LogP contribution in [0.4, 0.5) is 10.5 Å². The minimum Gasteiger partial charge on any atom is -0.444 e. The molecule has 0 aromatic heterocycles. The topological polar surface area (TPSA) is 96.5 Å². The van der Waals surface area contributed by atoms with Gasteiger partial charge >= 0.3 is 6.09 Å². The summed E-state index contributed by atoms with van der Waals surface area (Å²) < 4.78 is 5.03. The quantitative estimate of drug-likeness (QED) is 0.735. The Kier molecular flexibility index (Phi) is 7.17. The molecule has 3 amide bonds. The van der Waals surface area contributed by atoms with Gasteiger partial charge in [-0.2, -0.15) is 0 Å². The molecule has 136 valence electrons. The molecular formula is C18H25N3O4. The first-order valence-corrected chi connectivity index (χ1v) is 7.91. The molecule has 1 atom stereocenters. The Morgan fingerprint density at radius 3 is 2.48 bits per heavy atom. The maximum Gasteiger partial charge on any atom is 0.408 e. The van der Waals surface area contributed by atoms with E-state index in [-0.39, 0.29) is 12.5 Å². The summed E-state index contributed by atoms with van der Waals surface area (Å²) in [6.07, 6.45) is 0.934. The number of amides is 3. The Morgan fingerprint density at radius 1 is 1.24 bits per heavy atom. The summed E-state index contributed by atoms with van der Waals surface area (Å²) in [6, 6.07) is 6.41. The predicted molar refractivity (Wildman–Crippen MR) is 97.0 cm³/mol. The lowest BCUT2D eigenvalue weighted by Crippen LogP contribution is -2.46. The van der Waals surface area contributed by atoms with Crippen LogP contribution in [0.15, 0.2) is 30.8 Å². The van der Waals surface area contributed by atoms with Crippen LogP contribution in [-0.4, -0.2) is 36.1 Å². The van der Waals surface area contributed by atoms with Crippen LogP contribution in [0.2, 0.25) is 0 Å². The van der Waals surface area contributed by atoms with Crippen molar-refractivity contribution in [3.63, 3.8) is 0 Å². The molecule has 0 heterocycles. The van der Waals surface area contributed by atoms with Crippen LogP contribution < -0.4 is 16.0 Å². The molecule has 7 heteroatoms. The van der Waals surface area contributed by atoms with Crippen molar-refractivity contribution in [1.82, 2.24) is 10.6 Å². The molecule has 3 N–H and O–H groups in total. The molecule has 7 nitrogen and oxygen atoms in total. The van der Waals surface area contributed by atoms with E-state index in [0.29, 0.717) is 5.69 Å². The lowest BCUT2D eigenvalue weighted by Gasteiger charge is -2.20. The molecule has 0 unspecified atom stereocenters. The van der Waals surface area contributed by atoms with Gasteiger partial charge in [0.1, 0.15) is 18.2 Å². The van der Waals surface area contributed by atoms with Crippen LogP contribution in [0.5, 0.6) is 0 Å². The maximum absolute atomic E-state index is 12.2. The van der Waals surface area contributed by atoms with Crippen molar-refractivity contribution in [1.29, 1.82) is 0 Å². The zero-order valence-electron chi connectivity index (χ0n) is 15.0. The van der Waals surface area contributed by atoms with Crippen molar-refractivity contribution in [2.75, 3.05) is 11.9 Å². The molecule has 1 aromatic carbocycles. The van der Waals surface area contributed by atoms with Crippen molar-refractivity contribution < 1.29 is 19.1 Å². The second-order valence-corrected chi connectivity index (χ2v) is 6.43. The van der Waals surface area contributed by atoms with E-state index >= 15 is 0 Å². The van der Waals surface area contributed by atoms with Crippen molar-refractivity contribution in [3.05, 3.63) is 36.4 Å². The highest BCUT2D eigenvalue weighted by atomic mass is 16.6. The van der Waals surface area contributed by atoms with Gasteiger partial charge < -0.3 is 20.7 Å². The van der Waals surface area contributed by atoms with Crippen LogP contribution >= 0.6 is 0 Å². The third-order valence-corrected chi connectivity index (χ3v) is 3.00. The first-order valence-electron chi connectivity index (χ1n) is 7.91. The fraction of sp³-hybridized carbons (Fsp3) is 0.389. The average molecular weight is 347 g/mol. The number of benzene rings is 1. The summed E-state index contributed by atoms with van der Waals surface area (Å²) in [5.74, 6) is -0.870. The molecule has 1 aromatic rings. The molecule has 0 aliphatic carbocycles. The Labute approximate surface area is 147 Å². The van der Waals surface area contributed by atoms with E-state index in [1.54, 1.807) is 45.9 Å². The van der Waals surface area contributed by atoms with Crippen LogP contribution in [0.3, 0.4) is 0 Å². The third-order valence-electron chi connectivity index (χ3n) is 3.00. The van der Waals surface area contributed by atoms with Gasteiger partial charge in [0.15, 0.2) is 0 Å². The Morgan fingerprint density at radius 2 is 1.88 bits per heavy atom. The predicted octanol–water partition coefficient (Wildman–Crippen LogP) is 2.30. The minimum atomic E-state index is -0.772. The number of alkyl carbamates (subject to hydrolysis) is 1. The van der Waals surface area contributed by atoms with E-state index in [9.17, 15) is 14.4 Å². The van der Waals surface area contributed by atoms with Crippen LogP contribution in [0, 0.1) is 0 Å². The van der Waals surface area contributed by atoms with Crippen LogP contribution in [-0.2, 0) is 14.3 Å². The molecule has 0 bridgehead atoms. The number of hydrogen-bond donors (Lipinski definition) is 3. The largest absolute Gasteiger partial charge is 0.444 e. The van der Waals surface area contributed by atoms with Crippen LogP contribution in [0.25, 0.3) is 6.08 Å². The number of para-hydroxylation sites is 1. The SMILES string of the molecule is C=Cc1ccccc1NC(=O)[C@@H](C)NC(=O)CNC(=O)OC(C)(C)C. The van der Waals surface area contributed by atoms with Gasteiger partial charge in [-0.3, -0.25) is 9.59 Å². The molecule has 0 aliphatic rings. The molecule has 0 radical (unpaired) electrons. The maximum atomic E-state index is 12.2. The van der Waals surface area contributed by atoms with Crippen molar-refractivity contribution in [2.24, 2.45) is 0 Å². The van der Waals surface area contributed by atoms with Crippen molar-refractivity contribution in [3.8, 4) is 0 Å². The average Bonchev–Trinajstić information content (AvgIpc) is 2.51. The van der Waals surface area contributed by atoms with Gasteiger partial charge in [-0.15, -0.1) is 0 Å². The summed E-state index contributed by atoms with van der Waals surface area (Å²) in [4.78, 5) is 35.5. The molecule has 1 rings (SSSR count). The number of ether oxygens (including phenoxy) is 1. The van der Waals surface area contributed by atoms with E-state index in [2.05, 4.69) is 22.5 Å². The van der Waals surface area contributed by atoms with Crippen molar-refractivity contribution >= 4 is 29.7 Å². The monoisotopic (exact) mass is 347 g/mol. The lowest BCUT2D eigenvalue weighted by molar-refractivity contribution is -0.125. The number of anilines is 1. The second-order valence-electron chi connectivity index (χ2n) is 6.43. The molecule has 0 aliphatic heterocycles. The number of hydrogen-bond acceptors (Lipinski definition) is 4. The van der Waals surface area contributed by atoms with E-state index in [0.717, 1.165) is 5.56 Å². The van der Waals surface area contributed by atoms with Gasteiger partial charge in [-0.1, -0.05) is 30.9 Å². The molecule has 25 heavy (non-hydrogen) atoms. The van der Waals surface area contributed by atoms with E-state index in [4.69, 9.17) is 4.74 Å². The second kappa shape index (κ2) is 8.86. The van der Waals surface area contributed by atoms with Crippen LogP contribution in [0.1, 0.15) is 33.3 Å². The zero-order valence-corrected chi connectivity index (χ0v) is 15.0. The molecular weight excluding hydrogens is 322 g/mol. The molecule has 0 spiro atoms. The van der Waals surface area contributed by atoms with E-state index in [1.807, 2.05) is 12.1 Å². The first-order chi connectivity index (χ1) is 11.6. The van der Waals surface area contributed by atoms with Gasteiger partial charge in [0, 0.05) is 5.69 Å². The van der Waals surface area contributed by atoms with Gasteiger partial charge in [0.25, 0.3) is 0 Å². The van der Waals surface area contributed by atoms with Gasteiger partial charge in [-0.05, 0) is 39.3 Å². The Hall–Kier alpha value is -2.83. The molecule has 0 fully saturated rings. The summed E-state index contributed by atoms with van der Waals surface area (Å²) in [6.45, 7) is 10.1. The van der Waals surface area contributed by atoms with E-state index < -0.39 is 23.6 Å². The third kappa shape index (κ3) is 7.52. The lowest BCUT2D eigenvalue weighted by atomic mass is 10.1. The summed E-state index contributed by atoms with van der Waals surface area (Å²) in [5.41, 5.74) is 0.739. The number of carbonyl (C=O) groups is 3. The molecule has 0 saturated heterocycles. The summed E-state index contributed by atoms with van der Waals surface area (Å²) in [5, 5.41) is 7.57. The molecule has 0 saturated carbocycles.